The molecule has 1 N–H and O–H groups in total. The van der Waals surface area contributed by atoms with Crippen molar-refractivity contribution in [2.45, 2.75) is 73.0 Å². The predicted molar refractivity (Wildman–Crippen MR) is 132 cm³/mol. The molecule has 2 rings (SSSR count). The zero-order valence-corrected chi connectivity index (χ0v) is 20.8. The molecule has 1 atom stereocenters. The lowest BCUT2D eigenvalue weighted by Gasteiger charge is -2.29. The number of carbonyl (C=O) groups is 2. The molecule has 0 fully saturated rings. The van der Waals surface area contributed by atoms with Gasteiger partial charge >= 0.3 is 0 Å². The van der Waals surface area contributed by atoms with Gasteiger partial charge in [-0.15, -0.1) is 0 Å². The summed E-state index contributed by atoms with van der Waals surface area (Å²) in [6.07, 6.45) is 0.846. The Hall–Kier alpha value is -3.02. The van der Waals surface area contributed by atoms with Crippen molar-refractivity contribution >= 4 is 11.8 Å². The fourth-order valence-electron chi connectivity index (χ4n) is 3.52. The number of ether oxygens (including phenoxy) is 2. The molecule has 0 aliphatic heterocycles. The van der Waals surface area contributed by atoms with Crippen molar-refractivity contribution in [3.8, 4) is 11.5 Å². The molecule has 2 aromatic rings. The van der Waals surface area contributed by atoms with Crippen LogP contribution < -0.4 is 14.8 Å². The number of hydrogen-bond donors (Lipinski definition) is 1. The van der Waals surface area contributed by atoms with E-state index in [1.165, 1.54) is 0 Å². The van der Waals surface area contributed by atoms with Gasteiger partial charge in [0.05, 0.1) is 13.2 Å². The minimum atomic E-state index is -0.569. The van der Waals surface area contributed by atoms with Crippen LogP contribution in [0.15, 0.2) is 42.5 Å². The molecule has 0 bridgehead atoms. The van der Waals surface area contributed by atoms with Crippen molar-refractivity contribution in [1.82, 2.24) is 10.2 Å². The van der Waals surface area contributed by atoms with Gasteiger partial charge < -0.3 is 19.7 Å². The van der Waals surface area contributed by atoms with E-state index in [4.69, 9.17) is 9.47 Å². The zero-order valence-electron chi connectivity index (χ0n) is 20.8. The van der Waals surface area contributed by atoms with Crippen LogP contribution in [0.25, 0.3) is 0 Å². The van der Waals surface area contributed by atoms with E-state index < -0.39 is 6.04 Å². The number of carbonyl (C=O) groups excluding carboxylic acids is 2. The van der Waals surface area contributed by atoms with Gasteiger partial charge in [0.15, 0.2) is 11.5 Å². The lowest BCUT2D eigenvalue weighted by Crippen LogP contribution is -2.49. The summed E-state index contributed by atoms with van der Waals surface area (Å²) in [5, 5.41) is 2.92. The third-order valence-corrected chi connectivity index (χ3v) is 5.31. The van der Waals surface area contributed by atoms with E-state index in [1.54, 1.807) is 11.8 Å². The summed E-state index contributed by atoms with van der Waals surface area (Å²) in [4.78, 5) is 27.7. The number of hydrogen-bond acceptors (Lipinski definition) is 4. The Balaban J connectivity index is 2.17. The first-order valence-electron chi connectivity index (χ1n) is 11.8. The van der Waals surface area contributed by atoms with Crippen molar-refractivity contribution in [1.29, 1.82) is 0 Å². The molecular formula is C27H38N2O4. The van der Waals surface area contributed by atoms with Crippen LogP contribution in [0.3, 0.4) is 0 Å². The fraction of sp³-hybridized carbons (Fsp3) is 0.481. The van der Waals surface area contributed by atoms with Gasteiger partial charge in [-0.2, -0.15) is 0 Å². The van der Waals surface area contributed by atoms with Crippen molar-refractivity contribution in [3.05, 3.63) is 59.2 Å². The number of rotatable bonds is 12. The lowest BCUT2D eigenvalue weighted by atomic mass is 10.1. The van der Waals surface area contributed by atoms with E-state index in [-0.39, 0.29) is 17.9 Å². The highest BCUT2D eigenvalue weighted by atomic mass is 16.5. The third-order valence-electron chi connectivity index (χ3n) is 5.31. The summed E-state index contributed by atoms with van der Waals surface area (Å²) in [5.74, 6) is 1.18. The first-order chi connectivity index (χ1) is 15.7. The van der Waals surface area contributed by atoms with Gasteiger partial charge in [-0.25, -0.2) is 0 Å². The van der Waals surface area contributed by atoms with Crippen LogP contribution in [0, 0.1) is 6.92 Å². The first-order valence-corrected chi connectivity index (χ1v) is 11.8. The van der Waals surface area contributed by atoms with E-state index in [1.807, 2.05) is 77.1 Å². The normalized spacial score (nSPS) is 11.7. The first kappa shape index (κ1) is 26.2. The maximum Gasteiger partial charge on any atom is 0.242 e. The summed E-state index contributed by atoms with van der Waals surface area (Å²) in [6.45, 7) is 13.0. The van der Waals surface area contributed by atoms with Crippen LogP contribution in [0.5, 0.6) is 11.5 Å². The van der Waals surface area contributed by atoms with E-state index in [9.17, 15) is 9.59 Å². The Morgan fingerprint density at radius 2 is 1.52 bits per heavy atom. The summed E-state index contributed by atoms with van der Waals surface area (Å²) in [7, 11) is 0. The number of nitrogens with one attached hydrogen (secondary N) is 1. The van der Waals surface area contributed by atoms with Crippen LogP contribution in [-0.4, -0.2) is 42.0 Å². The SMILES string of the molecule is CCOc1ccc(CCC(=O)N(Cc2ccc(C)cc2)C(C)C(=O)NC(C)C)cc1OCC. The Morgan fingerprint density at radius 1 is 0.909 bits per heavy atom. The van der Waals surface area contributed by atoms with E-state index in [0.717, 1.165) is 16.7 Å². The molecule has 6 nitrogen and oxygen atoms in total. The number of aryl methyl sites for hydroxylation is 2. The molecule has 0 aliphatic rings. The number of benzene rings is 2. The number of amides is 2. The summed E-state index contributed by atoms with van der Waals surface area (Å²) in [6, 6.07) is 13.3. The lowest BCUT2D eigenvalue weighted by molar-refractivity contribution is -0.140. The molecule has 0 aromatic heterocycles. The maximum atomic E-state index is 13.3. The summed E-state index contributed by atoms with van der Waals surface area (Å²) < 4.78 is 11.3. The van der Waals surface area contributed by atoms with Crippen LogP contribution in [0.2, 0.25) is 0 Å². The average Bonchev–Trinajstić information content (AvgIpc) is 2.78. The molecule has 2 aromatic carbocycles. The summed E-state index contributed by atoms with van der Waals surface area (Å²) >= 11 is 0. The monoisotopic (exact) mass is 454 g/mol. The standard InChI is InChI=1S/C27H38N2O4/c1-7-32-24-15-13-22(17-25(24)33-8-2)14-16-26(30)29(21(6)27(31)28-19(3)4)18-23-11-9-20(5)10-12-23/h9-13,15,17,19,21H,7-8,14,16,18H2,1-6H3,(H,28,31). The fourth-order valence-corrected chi connectivity index (χ4v) is 3.52. The smallest absolute Gasteiger partial charge is 0.242 e. The Kier molecular flexibility index (Phi) is 10.2. The maximum absolute atomic E-state index is 13.3. The van der Waals surface area contributed by atoms with Crippen LogP contribution in [0.4, 0.5) is 0 Å². The van der Waals surface area contributed by atoms with Gasteiger partial charge in [-0.3, -0.25) is 9.59 Å². The largest absolute Gasteiger partial charge is 0.490 e. The summed E-state index contributed by atoms with van der Waals surface area (Å²) in [5.41, 5.74) is 3.14. The molecular weight excluding hydrogens is 416 g/mol. The van der Waals surface area contributed by atoms with Crippen LogP contribution >= 0.6 is 0 Å². The second-order valence-electron chi connectivity index (χ2n) is 8.49. The Bertz CT molecular complexity index is 909. The average molecular weight is 455 g/mol. The Morgan fingerprint density at radius 3 is 2.12 bits per heavy atom. The van der Waals surface area contributed by atoms with Crippen molar-refractivity contribution in [2.24, 2.45) is 0 Å². The second-order valence-corrected chi connectivity index (χ2v) is 8.49. The highest BCUT2D eigenvalue weighted by molar-refractivity contribution is 5.87. The third kappa shape index (κ3) is 8.12. The Labute approximate surface area is 198 Å². The highest BCUT2D eigenvalue weighted by Gasteiger charge is 2.26. The minimum absolute atomic E-state index is 0.0112. The van der Waals surface area contributed by atoms with Crippen LogP contribution in [0.1, 0.15) is 57.7 Å². The van der Waals surface area contributed by atoms with Crippen LogP contribution in [-0.2, 0) is 22.6 Å². The van der Waals surface area contributed by atoms with Gasteiger partial charge in [0.2, 0.25) is 11.8 Å². The van der Waals surface area contributed by atoms with Crippen molar-refractivity contribution in [3.63, 3.8) is 0 Å². The molecule has 2 amide bonds. The van der Waals surface area contributed by atoms with Gasteiger partial charge in [0, 0.05) is 19.0 Å². The van der Waals surface area contributed by atoms with Gasteiger partial charge in [-0.1, -0.05) is 35.9 Å². The molecule has 0 radical (unpaired) electrons. The van der Waals surface area contributed by atoms with Crippen molar-refractivity contribution < 1.29 is 19.1 Å². The van der Waals surface area contributed by atoms with E-state index >= 15 is 0 Å². The highest BCUT2D eigenvalue weighted by Crippen LogP contribution is 2.29. The second kappa shape index (κ2) is 12.9. The molecule has 0 spiro atoms. The molecule has 1 unspecified atom stereocenters. The van der Waals surface area contributed by atoms with E-state index in [0.29, 0.717) is 44.1 Å². The molecule has 0 heterocycles. The molecule has 0 aliphatic carbocycles. The van der Waals surface area contributed by atoms with E-state index in [2.05, 4.69) is 5.32 Å². The minimum Gasteiger partial charge on any atom is -0.490 e. The van der Waals surface area contributed by atoms with Crippen molar-refractivity contribution in [2.75, 3.05) is 13.2 Å². The molecule has 180 valence electrons. The predicted octanol–water partition coefficient (Wildman–Crippen LogP) is 4.67. The van der Waals surface area contributed by atoms with Gasteiger partial charge in [0.1, 0.15) is 6.04 Å². The molecule has 33 heavy (non-hydrogen) atoms. The molecule has 6 heteroatoms. The van der Waals surface area contributed by atoms with Gasteiger partial charge in [-0.05, 0) is 71.2 Å². The number of nitrogens with zero attached hydrogens (tertiary/aromatic N) is 1. The quantitative estimate of drug-likeness (QED) is 0.506. The zero-order chi connectivity index (χ0) is 24.4. The molecule has 0 saturated heterocycles. The topological polar surface area (TPSA) is 67.9 Å². The van der Waals surface area contributed by atoms with Gasteiger partial charge in [0.25, 0.3) is 0 Å². The molecule has 0 saturated carbocycles.